The summed E-state index contributed by atoms with van der Waals surface area (Å²) in [6.45, 7) is 10.3. The van der Waals surface area contributed by atoms with E-state index in [1.807, 2.05) is 44.4 Å². The molecule has 4 rings (SSSR count). The van der Waals surface area contributed by atoms with Crippen molar-refractivity contribution in [3.63, 3.8) is 0 Å². The fourth-order valence-electron chi connectivity index (χ4n) is 5.19. The molecule has 0 aromatic heterocycles. The molecule has 0 aliphatic carbocycles. The second-order valence-electron chi connectivity index (χ2n) is 10.6. The highest BCUT2D eigenvalue weighted by Crippen LogP contribution is 2.35. The largest absolute Gasteiger partial charge is 0.478 e. The third-order valence-electron chi connectivity index (χ3n) is 7.51. The fraction of sp³-hybridized carbons (Fsp3) is 0.517. The second-order valence-corrected chi connectivity index (χ2v) is 11.5. The van der Waals surface area contributed by atoms with E-state index in [9.17, 15) is 14.7 Å². The van der Waals surface area contributed by atoms with Crippen molar-refractivity contribution in [1.29, 1.82) is 0 Å². The summed E-state index contributed by atoms with van der Waals surface area (Å²) >= 11 is 1.68. The van der Waals surface area contributed by atoms with Gasteiger partial charge in [0.05, 0.1) is 19.3 Å². The van der Waals surface area contributed by atoms with E-state index < -0.39 is 11.6 Å². The predicted octanol–water partition coefficient (Wildman–Crippen LogP) is 5.03. The molecule has 7 heteroatoms. The van der Waals surface area contributed by atoms with E-state index in [-0.39, 0.29) is 17.6 Å². The van der Waals surface area contributed by atoms with Crippen LogP contribution < -0.4 is 4.74 Å². The number of benzene rings is 2. The van der Waals surface area contributed by atoms with E-state index in [1.165, 1.54) is 5.56 Å². The molecule has 2 aromatic carbocycles. The lowest BCUT2D eigenvalue weighted by molar-refractivity contribution is -0.152. The van der Waals surface area contributed by atoms with Crippen molar-refractivity contribution in [1.82, 2.24) is 4.90 Å². The van der Waals surface area contributed by atoms with Gasteiger partial charge in [-0.25, -0.2) is 4.79 Å². The monoisotopic (exact) mass is 511 g/mol. The molecule has 0 amide bonds. The average molecular weight is 512 g/mol. The number of hydrogen-bond donors (Lipinski definition) is 1. The van der Waals surface area contributed by atoms with Gasteiger partial charge >= 0.3 is 5.97 Å². The first-order valence-electron chi connectivity index (χ1n) is 12.6. The summed E-state index contributed by atoms with van der Waals surface area (Å²) in [7, 11) is 0. The summed E-state index contributed by atoms with van der Waals surface area (Å²) < 4.78 is 11.3. The van der Waals surface area contributed by atoms with E-state index >= 15 is 0 Å². The van der Waals surface area contributed by atoms with E-state index in [2.05, 4.69) is 17.0 Å². The minimum atomic E-state index is -1.29. The Kier molecular flexibility index (Phi) is 8.12. The van der Waals surface area contributed by atoms with Crippen molar-refractivity contribution >= 4 is 23.5 Å². The molecule has 2 heterocycles. The number of carbonyl (C=O) groups is 2. The van der Waals surface area contributed by atoms with Gasteiger partial charge in [-0.1, -0.05) is 24.3 Å². The molecule has 6 nitrogen and oxygen atoms in total. The molecule has 2 aliphatic heterocycles. The van der Waals surface area contributed by atoms with E-state index in [0.29, 0.717) is 11.8 Å². The Hall–Kier alpha value is -2.35. The highest BCUT2D eigenvalue weighted by atomic mass is 32.2. The summed E-state index contributed by atoms with van der Waals surface area (Å²) in [4.78, 5) is 28.7. The maximum Gasteiger partial charge on any atom is 0.347 e. The van der Waals surface area contributed by atoms with Crippen molar-refractivity contribution in [3.8, 4) is 5.75 Å². The zero-order valence-corrected chi connectivity index (χ0v) is 22.7. The van der Waals surface area contributed by atoms with Crippen molar-refractivity contribution in [3.05, 3.63) is 58.7 Å². The van der Waals surface area contributed by atoms with Gasteiger partial charge in [-0.3, -0.25) is 9.69 Å². The molecule has 2 fully saturated rings. The highest BCUT2D eigenvalue weighted by molar-refractivity contribution is 7.98. The summed E-state index contributed by atoms with van der Waals surface area (Å²) in [5.74, 6) is 0.131. The van der Waals surface area contributed by atoms with Crippen molar-refractivity contribution in [2.24, 2.45) is 11.8 Å². The molecule has 0 bridgehead atoms. The number of aliphatic carboxylic acids is 1. The zero-order chi connectivity index (χ0) is 26.0. The highest BCUT2D eigenvalue weighted by Gasteiger charge is 2.41. The number of carbonyl (C=O) groups excluding carboxylic acids is 1. The van der Waals surface area contributed by atoms with Crippen LogP contribution in [0, 0.1) is 25.7 Å². The Morgan fingerprint density at radius 2 is 1.75 bits per heavy atom. The Morgan fingerprint density at radius 1 is 1.11 bits per heavy atom. The van der Waals surface area contributed by atoms with Gasteiger partial charge in [0.2, 0.25) is 0 Å². The van der Waals surface area contributed by atoms with Gasteiger partial charge in [-0.2, -0.15) is 0 Å². The van der Waals surface area contributed by atoms with Gasteiger partial charge in [0.15, 0.2) is 11.4 Å². The van der Waals surface area contributed by atoms with E-state index in [4.69, 9.17) is 9.47 Å². The Labute approximate surface area is 218 Å². The predicted molar refractivity (Wildman–Crippen MR) is 142 cm³/mol. The van der Waals surface area contributed by atoms with Crippen molar-refractivity contribution in [2.75, 3.05) is 32.6 Å². The zero-order valence-electron chi connectivity index (χ0n) is 21.9. The third kappa shape index (κ3) is 5.79. The van der Waals surface area contributed by atoms with Crippen LogP contribution >= 0.6 is 11.8 Å². The number of nitrogens with zero attached hydrogens (tertiary/aromatic N) is 1. The van der Waals surface area contributed by atoms with Crippen LogP contribution in [0.3, 0.4) is 0 Å². The molecule has 0 unspecified atom stereocenters. The number of thioether (sulfide) groups is 1. The molecule has 2 saturated heterocycles. The molecule has 0 spiro atoms. The number of hydrogen-bond acceptors (Lipinski definition) is 6. The van der Waals surface area contributed by atoms with E-state index in [0.717, 1.165) is 60.7 Å². The van der Waals surface area contributed by atoms with Crippen LogP contribution in [0.25, 0.3) is 0 Å². The number of Topliss-reactive ketones (excluding diaryl/α,β-unsaturated/α-hetero) is 1. The van der Waals surface area contributed by atoms with Gasteiger partial charge in [0, 0.05) is 29.5 Å². The first kappa shape index (κ1) is 26.7. The van der Waals surface area contributed by atoms with E-state index in [1.54, 1.807) is 25.6 Å². The maximum absolute atomic E-state index is 13.6. The van der Waals surface area contributed by atoms with Gasteiger partial charge in [-0.15, -0.1) is 11.8 Å². The van der Waals surface area contributed by atoms with Crippen LogP contribution in [-0.4, -0.2) is 66.0 Å². The quantitative estimate of drug-likeness (QED) is 0.354. The molecular weight excluding hydrogens is 474 g/mol. The first-order chi connectivity index (χ1) is 17.1. The molecule has 2 aliphatic rings. The van der Waals surface area contributed by atoms with Crippen molar-refractivity contribution in [2.45, 2.75) is 57.1 Å². The number of carboxylic acids is 1. The lowest BCUT2D eigenvalue weighted by Gasteiger charge is -2.34. The van der Waals surface area contributed by atoms with Gasteiger partial charge in [-0.05, 0) is 81.5 Å². The Morgan fingerprint density at radius 3 is 2.28 bits per heavy atom. The Balaban J connectivity index is 1.48. The van der Waals surface area contributed by atoms with Crippen LogP contribution in [0.5, 0.6) is 5.75 Å². The molecular formula is C29H37NO5S. The van der Waals surface area contributed by atoms with Crippen LogP contribution in [0.2, 0.25) is 0 Å². The molecule has 0 saturated carbocycles. The summed E-state index contributed by atoms with van der Waals surface area (Å²) in [5.41, 5.74) is 2.55. The summed E-state index contributed by atoms with van der Waals surface area (Å²) in [5, 5.41) is 9.44. The smallest absolute Gasteiger partial charge is 0.347 e. The first-order valence-corrected chi connectivity index (χ1v) is 13.8. The number of rotatable bonds is 10. The summed E-state index contributed by atoms with van der Waals surface area (Å²) in [6.07, 6.45) is 3.82. The molecule has 2 aromatic rings. The Bertz CT molecular complexity index is 1090. The number of ether oxygens (including phenoxy) is 2. The summed E-state index contributed by atoms with van der Waals surface area (Å²) in [6, 6.07) is 12.6. The molecule has 194 valence electrons. The normalized spacial score (nSPS) is 20.8. The SMILES string of the molecule is CSc1ccc(C(=O)[C@H]2CN(C3COC3)C[C@@H]2CCc2cc(C)c(OC(C)(C)C(=O)O)c(C)c2)cc1. The van der Waals surface area contributed by atoms with Gasteiger partial charge in [0.25, 0.3) is 0 Å². The molecule has 1 N–H and O–H groups in total. The minimum Gasteiger partial charge on any atom is -0.478 e. The minimum absolute atomic E-state index is 0.0214. The lowest BCUT2D eigenvalue weighted by atomic mass is 9.84. The average Bonchev–Trinajstić information content (AvgIpc) is 3.21. The fourth-order valence-corrected chi connectivity index (χ4v) is 5.60. The van der Waals surface area contributed by atoms with Crippen LogP contribution in [0.15, 0.2) is 41.3 Å². The van der Waals surface area contributed by atoms with Gasteiger partial charge < -0.3 is 14.6 Å². The topological polar surface area (TPSA) is 76.1 Å². The molecule has 36 heavy (non-hydrogen) atoms. The maximum atomic E-state index is 13.6. The number of ketones is 1. The lowest BCUT2D eigenvalue weighted by Crippen LogP contribution is -2.48. The third-order valence-corrected chi connectivity index (χ3v) is 8.26. The van der Waals surface area contributed by atoms with Crippen LogP contribution in [-0.2, 0) is 16.0 Å². The number of aryl methyl sites for hydroxylation is 3. The van der Waals surface area contributed by atoms with Crippen LogP contribution in [0.1, 0.15) is 47.3 Å². The second kappa shape index (κ2) is 11.0. The molecule has 0 radical (unpaired) electrons. The van der Waals surface area contributed by atoms with Crippen molar-refractivity contribution < 1.29 is 24.2 Å². The standard InChI is InChI=1S/C29H37NO5S/c1-18-12-20(13-19(2)27(18)35-29(3,4)28(32)33)6-7-22-14-30(23-16-34-17-23)15-25(22)26(31)21-8-10-24(36-5)11-9-21/h8-13,22-23,25H,6-7,14-17H2,1-5H3,(H,32,33)/t22-,25-/m0/s1. The molecule has 2 atom stereocenters. The van der Waals surface area contributed by atoms with Crippen LogP contribution in [0.4, 0.5) is 0 Å². The number of likely N-dealkylation sites (tertiary alicyclic amines) is 1. The number of carboxylic acid groups (broad SMARTS) is 1. The van der Waals surface area contributed by atoms with Gasteiger partial charge in [0.1, 0.15) is 5.75 Å².